The van der Waals surface area contributed by atoms with Crippen molar-refractivity contribution in [3.8, 4) is 0 Å². The molecule has 2 aromatic rings. The van der Waals surface area contributed by atoms with Crippen LogP contribution >= 0.6 is 11.6 Å². The van der Waals surface area contributed by atoms with E-state index in [1.165, 1.54) is 27.9 Å². The van der Waals surface area contributed by atoms with E-state index in [0.29, 0.717) is 0 Å². The molecule has 0 aliphatic carbocycles. The van der Waals surface area contributed by atoms with Gasteiger partial charge in [-0.1, -0.05) is 42.5 Å². The lowest BCUT2D eigenvalue weighted by Gasteiger charge is -2.23. The lowest BCUT2D eigenvalue weighted by atomic mass is 10.1. The molecule has 0 unspecified atom stereocenters. The van der Waals surface area contributed by atoms with Crippen LogP contribution in [0.25, 0.3) is 0 Å². The fourth-order valence-electron chi connectivity index (χ4n) is 2.91. The molecule has 3 rings (SSSR count). The van der Waals surface area contributed by atoms with E-state index >= 15 is 0 Å². The van der Waals surface area contributed by atoms with Gasteiger partial charge in [0.05, 0.1) is 6.54 Å². The van der Waals surface area contributed by atoms with Crippen molar-refractivity contribution < 1.29 is 0 Å². The van der Waals surface area contributed by atoms with Crippen molar-refractivity contribution in [2.75, 3.05) is 10.9 Å². The molecule has 2 aromatic carbocycles. The Bertz CT molecular complexity index is 656. The smallest absolute Gasteiger partial charge is 0.137 e. The van der Waals surface area contributed by atoms with Crippen molar-refractivity contribution in [2.45, 2.75) is 20.4 Å². The Morgan fingerprint density at radius 1 is 1.05 bits per heavy atom. The number of hydrogen-bond acceptors (Lipinski definition) is 1. The highest BCUT2D eigenvalue weighted by Gasteiger charge is 2.27. The molecule has 1 aliphatic rings. The van der Waals surface area contributed by atoms with Gasteiger partial charge in [-0.15, -0.1) is 11.6 Å². The van der Waals surface area contributed by atoms with Crippen LogP contribution in [0, 0.1) is 13.8 Å². The van der Waals surface area contributed by atoms with E-state index in [4.69, 9.17) is 11.6 Å². The van der Waals surface area contributed by atoms with Crippen molar-refractivity contribution in [2.24, 2.45) is 4.99 Å². The summed E-state index contributed by atoms with van der Waals surface area (Å²) in [7, 11) is 0. The maximum absolute atomic E-state index is 5.87. The lowest BCUT2D eigenvalue weighted by Crippen LogP contribution is -2.26. The number of halogens is 1. The zero-order valence-electron chi connectivity index (χ0n) is 11.7. The number of alkyl halides is 1. The van der Waals surface area contributed by atoms with Crippen molar-refractivity contribution in [1.29, 1.82) is 0 Å². The van der Waals surface area contributed by atoms with Gasteiger partial charge in [0.15, 0.2) is 0 Å². The summed E-state index contributed by atoms with van der Waals surface area (Å²) in [6.07, 6.45) is 0. The first-order chi connectivity index (χ1) is 9.72. The van der Waals surface area contributed by atoms with Gasteiger partial charge >= 0.3 is 0 Å². The predicted octanol–water partition coefficient (Wildman–Crippen LogP) is 4.27. The zero-order chi connectivity index (χ0) is 14.1. The molecular weight excluding hydrogens is 268 g/mol. The van der Waals surface area contributed by atoms with Crippen LogP contribution in [-0.4, -0.2) is 11.8 Å². The van der Waals surface area contributed by atoms with Crippen LogP contribution in [0.1, 0.15) is 22.3 Å². The average Bonchev–Trinajstić information content (AvgIpc) is 2.78. The van der Waals surface area contributed by atoms with Gasteiger partial charge in [0.1, 0.15) is 11.8 Å². The highest BCUT2D eigenvalue weighted by Crippen LogP contribution is 2.33. The van der Waals surface area contributed by atoms with Crippen molar-refractivity contribution in [3.63, 3.8) is 0 Å². The minimum Gasteiger partial charge on any atom is -0.321 e. The molecule has 1 aliphatic heterocycles. The van der Waals surface area contributed by atoms with Gasteiger partial charge in [-0.25, -0.2) is 0 Å². The van der Waals surface area contributed by atoms with E-state index in [2.05, 4.69) is 66.2 Å². The lowest BCUT2D eigenvalue weighted by molar-refractivity contribution is 1.03. The van der Waals surface area contributed by atoms with E-state index in [1.807, 2.05) is 0 Å². The molecule has 0 saturated carbocycles. The van der Waals surface area contributed by atoms with Crippen LogP contribution in [0.2, 0.25) is 0 Å². The quantitative estimate of drug-likeness (QED) is 0.594. The molecule has 0 saturated heterocycles. The summed E-state index contributed by atoms with van der Waals surface area (Å²) < 4.78 is 0. The highest BCUT2D eigenvalue weighted by molar-refractivity contribution is 6.20. The normalized spacial score (nSPS) is 15.8. The van der Waals surface area contributed by atoms with Crippen LogP contribution in [-0.2, 0) is 6.54 Å². The number of hydrogen-bond donors (Lipinski definition) is 0. The maximum atomic E-state index is 5.87. The number of rotatable bonds is 2. The third kappa shape index (κ3) is 2.10. The molecule has 1 heterocycles. The number of fused-ring (bicyclic) bond motifs is 1. The molecule has 20 heavy (non-hydrogen) atoms. The Hall–Kier alpha value is -1.80. The van der Waals surface area contributed by atoms with E-state index in [1.54, 1.807) is 0 Å². The molecule has 0 aromatic heterocycles. The first kappa shape index (κ1) is 13.2. The highest BCUT2D eigenvalue weighted by atomic mass is 35.5. The molecule has 102 valence electrons. The second-order valence-corrected chi connectivity index (χ2v) is 5.32. The minimum absolute atomic E-state index is 0.283. The molecule has 0 fully saturated rings. The summed E-state index contributed by atoms with van der Waals surface area (Å²) in [5.41, 5.74) is 6.27. The maximum Gasteiger partial charge on any atom is 0.137 e. The fraction of sp³-hybridized carbons (Fsp3) is 0.235. The monoisotopic (exact) mass is 284 g/mol. The molecule has 0 N–H and O–H groups in total. The number of nitrogens with zero attached hydrogens (tertiary/aromatic N) is 2. The first-order valence-corrected chi connectivity index (χ1v) is 7.28. The molecule has 3 heteroatoms. The van der Waals surface area contributed by atoms with Gasteiger partial charge in [-0.2, -0.15) is 0 Å². The molecule has 2 nitrogen and oxygen atoms in total. The Morgan fingerprint density at radius 2 is 1.75 bits per heavy atom. The van der Waals surface area contributed by atoms with E-state index in [9.17, 15) is 0 Å². The SMILES string of the molecule is Cc1cccc(C)c1N1Cc2ccccc2/C1=N\CCl. The molecule has 0 atom stereocenters. The standard InChI is InChI=1S/C17H17ClN2/c1-12-6-5-7-13(2)16(12)20-10-14-8-3-4-9-15(14)17(20)19-11-18/h3-9H,10-11H2,1-2H3/b19-17+. The summed E-state index contributed by atoms with van der Waals surface area (Å²) in [4.78, 5) is 6.79. The Kier molecular flexibility index (Phi) is 3.49. The summed E-state index contributed by atoms with van der Waals surface area (Å²) >= 11 is 5.87. The molecule has 0 bridgehead atoms. The summed E-state index contributed by atoms with van der Waals surface area (Å²) in [5.74, 6) is 0.980. The number of aliphatic imine (C=N–C) groups is 1. The van der Waals surface area contributed by atoms with E-state index in [-0.39, 0.29) is 6.00 Å². The number of benzene rings is 2. The summed E-state index contributed by atoms with van der Waals surface area (Å²) in [6.45, 7) is 5.14. The summed E-state index contributed by atoms with van der Waals surface area (Å²) in [5, 5.41) is 0. The number of para-hydroxylation sites is 1. The average molecular weight is 285 g/mol. The third-order valence-electron chi connectivity index (χ3n) is 3.76. The van der Waals surface area contributed by atoms with Gasteiger partial charge in [0.25, 0.3) is 0 Å². The topological polar surface area (TPSA) is 15.6 Å². The van der Waals surface area contributed by atoms with Gasteiger partial charge in [0.2, 0.25) is 0 Å². The number of anilines is 1. The second-order valence-electron chi connectivity index (χ2n) is 5.08. The predicted molar refractivity (Wildman–Crippen MR) is 85.8 cm³/mol. The van der Waals surface area contributed by atoms with Crippen LogP contribution in [0.15, 0.2) is 47.5 Å². The molecule has 0 spiro atoms. The van der Waals surface area contributed by atoms with Crippen molar-refractivity contribution in [3.05, 3.63) is 64.7 Å². The third-order valence-corrected chi connectivity index (χ3v) is 3.88. The van der Waals surface area contributed by atoms with Gasteiger partial charge in [0, 0.05) is 11.3 Å². The van der Waals surface area contributed by atoms with E-state index < -0.39 is 0 Å². The molecule has 0 radical (unpaired) electrons. The number of aryl methyl sites for hydroxylation is 2. The largest absolute Gasteiger partial charge is 0.321 e. The first-order valence-electron chi connectivity index (χ1n) is 6.75. The fourth-order valence-corrected chi connectivity index (χ4v) is 3.02. The number of amidine groups is 1. The van der Waals surface area contributed by atoms with Crippen LogP contribution in [0.5, 0.6) is 0 Å². The van der Waals surface area contributed by atoms with Gasteiger partial charge in [-0.3, -0.25) is 4.99 Å². The van der Waals surface area contributed by atoms with Crippen molar-refractivity contribution >= 4 is 23.1 Å². The van der Waals surface area contributed by atoms with Gasteiger partial charge in [-0.05, 0) is 30.5 Å². The minimum atomic E-state index is 0.283. The van der Waals surface area contributed by atoms with Crippen LogP contribution < -0.4 is 4.90 Å². The molecule has 0 amide bonds. The zero-order valence-corrected chi connectivity index (χ0v) is 12.5. The van der Waals surface area contributed by atoms with Gasteiger partial charge < -0.3 is 4.90 Å². The molecular formula is C17H17ClN2. The summed E-state index contributed by atoms with van der Waals surface area (Å²) in [6, 6.07) is 15.1. The van der Waals surface area contributed by atoms with Crippen LogP contribution in [0.3, 0.4) is 0 Å². The van der Waals surface area contributed by atoms with Crippen LogP contribution in [0.4, 0.5) is 5.69 Å². The Morgan fingerprint density at radius 3 is 2.45 bits per heavy atom. The Labute approximate surface area is 124 Å². The van der Waals surface area contributed by atoms with E-state index in [0.717, 1.165) is 12.4 Å². The Balaban J connectivity index is 2.14. The second kappa shape index (κ2) is 5.29. The van der Waals surface area contributed by atoms with Crippen molar-refractivity contribution in [1.82, 2.24) is 0 Å².